The molecule has 7 nitrogen and oxygen atoms in total. The number of ether oxygens (including phenoxy) is 2. The number of hydrogen-bond acceptors (Lipinski definition) is 5. The second-order valence-corrected chi connectivity index (χ2v) is 6.05. The third-order valence-electron chi connectivity index (χ3n) is 4.50. The normalized spacial score (nSPS) is 10.8. The number of H-pyrrole nitrogens is 1. The molecule has 0 radical (unpaired) electrons. The van der Waals surface area contributed by atoms with Crippen molar-refractivity contribution < 1.29 is 19.1 Å². The topological polar surface area (TPSA) is 86.2 Å². The van der Waals surface area contributed by atoms with E-state index in [1.165, 1.54) is 18.9 Å². The lowest BCUT2D eigenvalue weighted by atomic mass is 10.0. The largest absolute Gasteiger partial charge is 0.465 e. The van der Waals surface area contributed by atoms with Crippen LogP contribution < -0.4 is 0 Å². The monoisotopic (exact) mass is 375 g/mol. The summed E-state index contributed by atoms with van der Waals surface area (Å²) in [6.07, 6.45) is 1.81. The highest BCUT2D eigenvalue weighted by Gasteiger charge is 2.31. The summed E-state index contributed by atoms with van der Waals surface area (Å²) in [5.41, 5.74) is 2.65. The van der Waals surface area contributed by atoms with E-state index in [9.17, 15) is 9.59 Å². The lowest BCUT2D eigenvalue weighted by Crippen LogP contribution is -2.15. The van der Waals surface area contributed by atoms with Crippen LogP contribution in [0.25, 0.3) is 27.8 Å². The van der Waals surface area contributed by atoms with Crippen LogP contribution in [0.15, 0.2) is 60.8 Å². The van der Waals surface area contributed by atoms with Crippen molar-refractivity contribution in [2.45, 2.75) is 0 Å². The number of esters is 2. The molecule has 0 fully saturated rings. The van der Waals surface area contributed by atoms with E-state index in [1.807, 2.05) is 42.5 Å². The van der Waals surface area contributed by atoms with Gasteiger partial charge in [0.05, 0.1) is 19.9 Å². The van der Waals surface area contributed by atoms with Gasteiger partial charge in [0.2, 0.25) is 0 Å². The minimum Gasteiger partial charge on any atom is -0.465 e. The molecule has 0 saturated carbocycles. The molecule has 0 bridgehead atoms. The second kappa shape index (κ2) is 7.03. The maximum absolute atomic E-state index is 12.7. The molecule has 7 heteroatoms. The Morgan fingerprint density at radius 1 is 0.929 bits per heavy atom. The van der Waals surface area contributed by atoms with E-state index in [0.29, 0.717) is 16.9 Å². The van der Waals surface area contributed by atoms with E-state index in [4.69, 9.17) is 9.47 Å². The van der Waals surface area contributed by atoms with Gasteiger partial charge >= 0.3 is 11.9 Å². The van der Waals surface area contributed by atoms with Gasteiger partial charge in [-0.3, -0.25) is 0 Å². The number of nitrogens with one attached hydrogen (secondary N) is 1. The Morgan fingerprint density at radius 3 is 2.39 bits per heavy atom. The van der Waals surface area contributed by atoms with Crippen LogP contribution in [0, 0.1) is 0 Å². The van der Waals surface area contributed by atoms with E-state index in [-0.39, 0.29) is 11.3 Å². The molecule has 0 saturated heterocycles. The second-order valence-electron chi connectivity index (χ2n) is 6.05. The molecule has 0 aliphatic carbocycles. The first kappa shape index (κ1) is 17.5. The van der Waals surface area contributed by atoms with Crippen LogP contribution in [0.5, 0.6) is 0 Å². The average molecular weight is 375 g/mol. The number of aromatic nitrogens is 3. The van der Waals surface area contributed by atoms with E-state index in [1.54, 1.807) is 18.3 Å². The number of fused-ring (bicyclic) bond motifs is 1. The Bertz CT molecular complexity index is 1180. The van der Waals surface area contributed by atoms with Crippen molar-refractivity contribution in [1.29, 1.82) is 0 Å². The summed E-state index contributed by atoms with van der Waals surface area (Å²) in [5.74, 6) is -1.34. The molecule has 1 N–H and O–H groups in total. The maximum Gasteiger partial charge on any atom is 0.357 e. The third-order valence-corrected chi connectivity index (χ3v) is 4.50. The number of carbonyl (C=O) groups excluding carboxylic acids is 2. The van der Waals surface area contributed by atoms with Crippen LogP contribution in [0.3, 0.4) is 0 Å². The maximum atomic E-state index is 12.7. The third kappa shape index (κ3) is 2.73. The SMILES string of the molecule is COC(=O)c1c(-c2cccc3[nH]ccc23)nn(-c2ccccc2)c1C(=O)OC. The van der Waals surface area contributed by atoms with Crippen molar-refractivity contribution in [2.24, 2.45) is 0 Å². The van der Waals surface area contributed by atoms with Crippen LogP contribution in [0.1, 0.15) is 20.8 Å². The summed E-state index contributed by atoms with van der Waals surface area (Å²) >= 11 is 0. The summed E-state index contributed by atoms with van der Waals surface area (Å²) in [7, 11) is 2.53. The van der Waals surface area contributed by atoms with Gasteiger partial charge in [-0.05, 0) is 24.3 Å². The molecular weight excluding hydrogens is 358 g/mol. The Balaban J connectivity index is 2.09. The minimum atomic E-state index is -0.677. The van der Waals surface area contributed by atoms with Crippen molar-refractivity contribution in [1.82, 2.24) is 14.8 Å². The van der Waals surface area contributed by atoms with E-state index < -0.39 is 11.9 Å². The zero-order valence-electron chi connectivity index (χ0n) is 15.3. The predicted molar refractivity (Wildman–Crippen MR) is 104 cm³/mol. The zero-order valence-corrected chi connectivity index (χ0v) is 15.3. The number of rotatable bonds is 4. The van der Waals surface area contributed by atoms with Crippen LogP contribution in [0.2, 0.25) is 0 Å². The first-order valence-corrected chi connectivity index (χ1v) is 8.57. The average Bonchev–Trinajstić information content (AvgIpc) is 3.38. The molecule has 2 heterocycles. The van der Waals surface area contributed by atoms with Gasteiger partial charge in [0, 0.05) is 22.7 Å². The van der Waals surface area contributed by atoms with Crippen molar-refractivity contribution in [2.75, 3.05) is 14.2 Å². The van der Waals surface area contributed by atoms with E-state index >= 15 is 0 Å². The number of methoxy groups -OCH3 is 2. The number of aromatic amines is 1. The number of para-hydroxylation sites is 1. The van der Waals surface area contributed by atoms with Crippen LogP contribution >= 0.6 is 0 Å². The highest BCUT2D eigenvalue weighted by atomic mass is 16.5. The van der Waals surface area contributed by atoms with Crippen LogP contribution in [-0.4, -0.2) is 40.9 Å². The van der Waals surface area contributed by atoms with Crippen molar-refractivity contribution in [3.05, 3.63) is 72.1 Å². The predicted octanol–water partition coefficient (Wildman–Crippen LogP) is 3.59. The molecule has 0 spiro atoms. The van der Waals surface area contributed by atoms with Gasteiger partial charge in [-0.25, -0.2) is 14.3 Å². The quantitative estimate of drug-likeness (QED) is 0.551. The lowest BCUT2D eigenvalue weighted by molar-refractivity contribution is 0.0549. The standard InChI is InChI=1S/C21H17N3O4/c1-27-20(25)17-18(15-9-6-10-16-14(15)11-12-22-16)23-24(19(17)21(26)28-2)13-7-4-3-5-8-13/h3-12,22H,1-2H3. The van der Waals surface area contributed by atoms with Gasteiger partial charge < -0.3 is 14.5 Å². The van der Waals surface area contributed by atoms with Gasteiger partial charge in [0.1, 0.15) is 11.3 Å². The number of nitrogens with zero attached hydrogens (tertiary/aromatic N) is 2. The molecule has 28 heavy (non-hydrogen) atoms. The molecule has 0 amide bonds. The van der Waals surface area contributed by atoms with Crippen LogP contribution in [0.4, 0.5) is 0 Å². The molecule has 4 rings (SSSR count). The van der Waals surface area contributed by atoms with Gasteiger partial charge in [-0.1, -0.05) is 30.3 Å². The van der Waals surface area contributed by atoms with Crippen molar-refractivity contribution in [3.63, 3.8) is 0 Å². The molecule has 0 unspecified atom stereocenters. The number of benzene rings is 2. The van der Waals surface area contributed by atoms with E-state index in [2.05, 4.69) is 10.1 Å². The molecular formula is C21H17N3O4. The molecule has 0 aliphatic heterocycles. The first-order valence-electron chi connectivity index (χ1n) is 8.57. The molecule has 140 valence electrons. The van der Waals surface area contributed by atoms with Gasteiger partial charge in [-0.2, -0.15) is 5.10 Å². The Kier molecular flexibility index (Phi) is 4.41. The van der Waals surface area contributed by atoms with Crippen molar-refractivity contribution >= 4 is 22.8 Å². The highest BCUT2D eigenvalue weighted by Crippen LogP contribution is 2.33. The van der Waals surface area contributed by atoms with Gasteiger partial charge in [-0.15, -0.1) is 0 Å². The summed E-state index contributed by atoms with van der Waals surface area (Å²) in [6.45, 7) is 0. The molecule has 4 aromatic rings. The summed E-state index contributed by atoms with van der Waals surface area (Å²) in [4.78, 5) is 28.4. The fourth-order valence-corrected chi connectivity index (χ4v) is 3.24. The molecule has 0 aliphatic rings. The Hall–Kier alpha value is -3.87. The summed E-state index contributed by atoms with van der Waals surface area (Å²) < 4.78 is 11.3. The fourth-order valence-electron chi connectivity index (χ4n) is 3.24. The Morgan fingerprint density at radius 2 is 1.68 bits per heavy atom. The summed E-state index contributed by atoms with van der Waals surface area (Å²) in [6, 6.07) is 16.6. The number of carbonyl (C=O) groups is 2. The fraction of sp³-hybridized carbons (Fsp3) is 0.0952. The smallest absolute Gasteiger partial charge is 0.357 e. The Labute approximate surface area is 160 Å². The summed E-state index contributed by atoms with van der Waals surface area (Å²) in [5, 5.41) is 5.50. The number of hydrogen-bond donors (Lipinski definition) is 1. The molecule has 2 aromatic carbocycles. The zero-order chi connectivity index (χ0) is 19.7. The molecule has 2 aromatic heterocycles. The van der Waals surface area contributed by atoms with Gasteiger partial charge in [0.25, 0.3) is 0 Å². The molecule has 0 atom stereocenters. The highest BCUT2D eigenvalue weighted by molar-refractivity contribution is 6.09. The van der Waals surface area contributed by atoms with E-state index in [0.717, 1.165) is 10.9 Å². The van der Waals surface area contributed by atoms with Gasteiger partial charge in [0.15, 0.2) is 5.69 Å². The first-order chi connectivity index (χ1) is 13.7. The minimum absolute atomic E-state index is 0.0167. The van der Waals surface area contributed by atoms with Crippen LogP contribution in [-0.2, 0) is 9.47 Å². The van der Waals surface area contributed by atoms with Crippen molar-refractivity contribution in [3.8, 4) is 16.9 Å². The lowest BCUT2D eigenvalue weighted by Gasteiger charge is -2.07.